The van der Waals surface area contributed by atoms with Gasteiger partial charge in [0.05, 0.1) is 27.5 Å². The van der Waals surface area contributed by atoms with Crippen LogP contribution in [0.3, 0.4) is 0 Å². The molecule has 0 spiro atoms. The van der Waals surface area contributed by atoms with Crippen LogP contribution >= 0.6 is 0 Å². The Labute approximate surface area is 120 Å². The van der Waals surface area contributed by atoms with Gasteiger partial charge in [-0.2, -0.15) is 8.42 Å². The summed E-state index contributed by atoms with van der Waals surface area (Å²) in [4.78, 5) is 22.6. The van der Waals surface area contributed by atoms with Crippen molar-refractivity contribution in [1.82, 2.24) is 5.32 Å². The number of rotatable bonds is 5. The van der Waals surface area contributed by atoms with Crippen LogP contribution in [0, 0.1) is 0 Å². The fourth-order valence-corrected chi connectivity index (χ4v) is 3.91. The molecule has 0 aromatic heterocycles. The molecule has 0 fully saturated rings. The summed E-state index contributed by atoms with van der Waals surface area (Å²) in [6.45, 7) is 0. The number of sulfone groups is 1. The first-order valence-corrected chi connectivity index (χ1v) is 9.04. The minimum absolute atomic E-state index is 0.0316. The number of nitrogens with one attached hydrogen (secondary N) is 1. The van der Waals surface area contributed by atoms with Crippen LogP contribution in [-0.2, 0) is 20.0 Å². The molecule has 2 amide bonds. The van der Waals surface area contributed by atoms with Gasteiger partial charge in [0.2, 0.25) is 0 Å². The third-order valence-electron chi connectivity index (χ3n) is 2.88. The average Bonchev–Trinajstić information content (AvgIpc) is 2.63. The van der Waals surface area contributed by atoms with Gasteiger partial charge in [0, 0.05) is 0 Å². The topological polar surface area (TPSA) is 135 Å². The van der Waals surface area contributed by atoms with Crippen LogP contribution in [0.15, 0.2) is 23.1 Å². The molecule has 1 aromatic rings. The van der Waals surface area contributed by atoms with Gasteiger partial charge in [-0.05, 0) is 24.6 Å². The van der Waals surface area contributed by atoms with E-state index in [-0.39, 0.29) is 22.4 Å². The van der Waals surface area contributed by atoms with E-state index in [0.29, 0.717) is 0 Å². The summed E-state index contributed by atoms with van der Waals surface area (Å²) in [5, 5.41) is 2.04. The fraction of sp³-hybridized carbons (Fsp3) is 0.273. The summed E-state index contributed by atoms with van der Waals surface area (Å²) in [5.74, 6) is -2.44. The van der Waals surface area contributed by atoms with E-state index in [2.05, 4.69) is 0 Å². The highest BCUT2D eigenvalue weighted by Crippen LogP contribution is 2.21. The van der Waals surface area contributed by atoms with Crippen molar-refractivity contribution in [2.24, 2.45) is 0 Å². The van der Waals surface area contributed by atoms with E-state index in [1.165, 1.54) is 12.1 Å². The number of fused-ring (bicyclic) bond motifs is 1. The number of hydrogen-bond acceptors (Lipinski definition) is 6. The Hall–Kier alpha value is -1.78. The zero-order valence-corrected chi connectivity index (χ0v) is 12.2. The van der Waals surface area contributed by atoms with Gasteiger partial charge in [-0.15, -0.1) is 0 Å². The van der Waals surface area contributed by atoms with Crippen molar-refractivity contribution in [1.29, 1.82) is 0 Å². The van der Waals surface area contributed by atoms with Crippen LogP contribution < -0.4 is 5.32 Å². The van der Waals surface area contributed by atoms with Crippen LogP contribution in [0.5, 0.6) is 0 Å². The minimum Gasteiger partial charge on any atom is -0.288 e. The Morgan fingerprint density at radius 1 is 0.952 bits per heavy atom. The molecule has 0 atom stereocenters. The third kappa shape index (κ3) is 3.46. The van der Waals surface area contributed by atoms with Gasteiger partial charge in [-0.25, -0.2) is 8.42 Å². The molecule has 8 nitrogen and oxygen atoms in total. The number of hydrogen-bond donors (Lipinski definition) is 2. The van der Waals surface area contributed by atoms with Gasteiger partial charge in [-0.1, -0.05) is 0 Å². The lowest BCUT2D eigenvalue weighted by Gasteiger charge is -2.05. The third-order valence-corrected chi connectivity index (χ3v) is 5.48. The second-order valence-electron chi connectivity index (χ2n) is 4.45. The predicted molar refractivity (Wildman–Crippen MR) is 71.3 cm³/mol. The highest BCUT2D eigenvalue weighted by molar-refractivity contribution is 7.91. The molecule has 21 heavy (non-hydrogen) atoms. The van der Waals surface area contributed by atoms with Crippen LogP contribution in [0.1, 0.15) is 27.1 Å². The summed E-state index contributed by atoms with van der Waals surface area (Å²) in [6.07, 6.45) is -0.274. The lowest BCUT2D eigenvalue weighted by Crippen LogP contribution is -2.19. The standard InChI is InChI=1S/C11H11NO7S2/c13-10-8-3-2-7(6-9(8)11(14)12-10)20(15,16)4-1-5-21(17,18)19/h2-3,6H,1,4-5H2,(H,12,13,14)(H,17,18,19). The van der Waals surface area contributed by atoms with Crippen molar-refractivity contribution in [3.63, 3.8) is 0 Å². The van der Waals surface area contributed by atoms with E-state index in [4.69, 9.17) is 4.55 Å². The Morgan fingerprint density at radius 3 is 2.19 bits per heavy atom. The lowest BCUT2D eigenvalue weighted by molar-refractivity contribution is 0.0879. The number of amides is 2. The fourth-order valence-electron chi connectivity index (χ4n) is 1.89. The molecular weight excluding hydrogens is 322 g/mol. The molecule has 0 unspecified atom stereocenters. The minimum atomic E-state index is -4.23. The van der Waals surface area contributed by atoms with Crippen molar-refractivity contribution in [2.45, 2.75) is 11.3 Å². The SMILES string of the molecule is O=C1NC(=O)c2cc(S(=O)(=O)CCCS(=O)(=O)O)ccc21. The first-order chi connectivity index (χ1) is 9.60. The van der Waals surface area contributed by atoms with Crippen molar-refractivity contribution >= 4 is 31.8 Å². The van der Waals surface area contributed by atoms with Gasteiger partial charge in [0.1, 0.15) is 0 Å². The molecule has 1 aromatic carbocycles. The van der Waals surface area contributed by atoms with Crippen molar-refractivity contribution < 1.29 is 31.0 Å². The Bertz CT molecular complexity index is 824. The first kappa shape index (κ1) is 15.6. The maximum atomic E-state index is 12.0. The Balaban J connectivity index is 2.24. The lowest BCUT2D eigenvalue weighted by atomic mass is 10.1. The molecule has 0 aliphatic carbocycles. The largest absolute Gasteiger partial charge is 0.288 e. The van der Waals surface area contributed by atoms with Crippen molar-refractivity contribution in [2.75, 3.05) is 11.5 Å². The molecule has 1 aliphatic rings. The monoisotopic (exact) mass is 333 g/mol. The van der Waals surface area contributed by atoms with E-state index in [9.17, 15) is 26.4 Å². The highest BCUT2D eigenvalue weighted by Gasteiger charge is 2.28. The number of benzene rings is 1. The number of imide groups is 1. The second-order valence-corrected chi connectivity index (χ2v) is 8.13. The van der Waals surface area contributed by atoms with Crippen LogP contribution in [0.4, 0.5) is 0 Å². The van der Waals surface area contributed by atoms with Crippen molar-refractivity contribution in [3.8, 4) is 0 Å². The van der Waals surface area contributed by atoms with E-state index < -0.39 is 43.3 Å². The normalized spacial score (nSPS) is 14.9. The first-order valence-electron chi connectivity index (χ1n) is 5.78. The van der Waals surface area contributed by atoms with Gasteiger partial charge in [-0.3, -0.25) is 19.5 Å². The van der Waals surface area contributed by atoms with Gasteiger partial charge < -0.3 is 0 Å². The van der Waals surface area contributed by atoms with Gasteiger partial charge >= 0.3 is 0 Å². The Morgan fingerprint density at radius 2 is 1.57 bits per heavy atom. The summed E-state index contributed by atoms with van der Waals surface area (Å²) < 4.78 is 53.7. The molecule has 0 saturated heterocycles. The van der Waals surface area contributed by atoms with Crippen LogP contribution in [-0.4, -0.2) is 44.7 Å². The molecule has 114 valence electrons. The summed E-state index contributed by atoms with van der Waals surface area (Å²) in [7, 11) is -8.04. The van der Waals surface area contributed by atoms with E-state index in [0.717, 1.165) is 6.07 Å². The van der Waals surface area contributed by atoms with E-state index in [1.807, 2.05) is 5.32 Å². The van der Waals surface area contributed by atoms with Crippen LogP contribution in [0.25, 0.3) is 0 Å². The predicted octanol–water partition coefficient (Wildman–Crippen LogP) is -0.378. The van der Waals surface area contributed by atoms with Gasteiger partial charge in [0.25, 0.3) is 21.9 Å². The average molecular weight is 333 g/mol. The van der Waals surface area contributed by atoms with Gasteiger partial charge in [0.15, 0.2) is 9.84 Å². The molecule has 10 heteroatoms. The zero-order valence-electron chi connectivity index (χ0n) is 10.6. The highest BCUT2D eigenvalue weighted by atomic mass is 32.2. The smallest absolute Gasteiger partial charge is 0.264 e. The second kappa shape index (κ2) is 5.20. The number of carbonyl (C=O) groups is 2. The molecule has 0 saturated carbocycles. The summed E-state index contributed by atoms with van der Waals surface area (Å²) in [5.41, 5.74) is 0.0627. The van der Waals surface area contributed by atoms with E-state index >= 15 is 0 Å². The molecule has 0 radical (unpaired) electrons. The maximum absolute atomic E-state index is 12.0. The quantitative estimate of drug-likeness (QED) is 0.554. The van der Waals surface area contributed by atoms with Crippen molar-refractivity contribution in [3.05, 3.63) is 29.3 Å². The Kier molecular flexibility index (Phi) is 3.87. The molecule has 1 aliphatic heterocycles. The van der Waals surface area contributed by atoms with E-state index in [1.54, 1.807) is 0 Å². The molecule has 1 heterocycles. The maximum Gasteiger partial charge on any atom is 0.264 e. The zero-order chi connectivity index (χ0) is 15.8. The summed E-state index contributed by atoms with van der Waals surface area (Å²) in [6, 6.07) is 3.49. The van der Waals surface area contributed by atoms with Crippen LogP contribution in [0.2, 0.25) is 0 Å². The molecule has 0 bridgehead atoms. The molecule has 2 rings (SSSR count). The summed E-state index contributed by atoms with van der Waals surface area (Å²) >= 11 is 0. The molecule has 2 N–H and O–H groups in total. The molecular formula is C11H11NO7S2. The number of carbonyl (C=O) groups excluding carboxylic acids is 2.